The molecule has 1 heterocycles. The van der Waals surface area contributed by atoms with Gasteiger partial charge in [-0.3, -0.25) is 4.68 Å². The van der Waals surface area contributed by atoms with E-state index in [0.717, 1.165) is 25.3 Å². The Morgan fingerprint density at radius 2 is 2.25 bits per heavy atom. The molecule has 5 heteroatoms. The van der Waals surface area contributed by atoms with E-state index in [4.69, 9.17) is 4.74 Å². The standard InChI is InChI=1S/C11H22N4O/c1-9(10(2)12-5-6-16-4)7-11-8-15(3)14-13-11/h8-10,12H,5-7H2,1-4H3. The van der Waals surface area contributed by atoms with Gasteiger partial charge >= 0.3 is 0 Å². The van der Waals surface area contributed by atoms with Crippen molar-refractivity contribution in [2.24, 2.45) is 13.0 Å². The van der Waals surface area contributed by atoms with E-state index in [1.54, 1.807) is 11.8 Å². The zero-order chi connectivity index (χ0) is 12.0. The molecule has 0 fully saturated rings. The Balaban J connectivity index is 2.30. The largest absolute Gasteiger partial charge is 0.383 e. The summed E-state index contributed by atoms with van der Waals surface area (Å²) in [6.45, 7) is 6.06. The van der Waals surface area contributed by atoms with Gasteiger partial charge in [0.2, 0.25) is 0 Å². The molecule has 0 saturated heterocycles. The number of aromatic nitrogens is 3. The van der Waals surface area contributed by atoms with Gasteiger partial charge < -0.3 is 10.1 Å². The molecule has 0 saturated carbocycles. The zero-order valence-corrected chi connectivity index (χ0v) is 10.6. The lowest BCUT2D eigenvalue weighted by Crippen LogP contribution is -2.35. The number of nitrogens with one attached hydrogen (secondary N) is 1. The number of aryl methyl sites for hydroxylation is 1. The summed E-state index contributed by atoms with van der Waals surface area (Å²) < 4.78 is 6.75. The highest BCUT2D eigenvalue weighted by Gasteiger charge is 2.13. The average Bonchev–Trinajstić information content (AvgIpc) is 2.64. The fourth-order valence-electron chi connectivity index (χ4n) is 1.59. The van der Waals surface area contributed by atoms with Crippen molar-refractivity contribution in [3.05, 3.63) is 11.9 Å². The number of methoxy groups -OCH3 is 1. The van der Waals surface area contributed by atoms with Crippen LogP contribution < -0.4 is 5.32 Å². The maximum Gasteiger partial charge on any atom is 0.0830 e. The van der Waals surface area contributed by atoms with Crippen molar-refractivity contribution in [2.45, 2.75) is 26.3 Å². The Morgan fingerprint density at radius 1 is 1.50 bits per heavy atom. The van der Waals surface area contributed by atoms with Crippen LogP contribution >= 0.6 is 0 Å². The fraction of sp³-hybridized carbons (Fsp3) is 0.818. The van der Waals surface area contributed by atoms with E-state index in [0.29, 0.717) is 12.0 Å². The molecule has 5 nitrogen and oxygen atoms in total. The third-order valence-corrected chi connectivity index (χ3v) is 2.81. The van der Waals surface area contributed by atoms with E-state index in [2.05, 4.69) is 29.5 Å². The average molecular weight is 226 g/mol. The van der Waals surface area contributed by atoms with Gasteiger partial charge in [-0.2, -0.15) is 0 Å². The molecule has 0 spiro atoms. The van der Waals surface area contributed by atoms with Crippen molar-refractivity contribution in [1.82, 2.24) is 20.3 Å². The van der Waals surface area contributed by atoms with Crippen molar-refractivity contribution in [1.29, 1.82) is 0 Å². The highest BCUT2D eigenvalue weighted by atomic mass is 16.5. The molecular weight excluding hydrogens is 204 g/mol. The number of nitrogens with zero attached hydrogens (tertiary/aromatic N) is 3. The third-order valence-electron chi connectivity index (χ3n) is 2.81. The minimum absolute atomic E-state index is 0.456. The first-order valence-corrected chi connectivity index (χ1v) is 5.71. The van der Waals surface area contributed by atoms with E-state index in [9.17, 15) is 0 Å². The molecule has 92 valence electrons. The van der Waals surface area contributed by atoms with E-state index in [1.807, 2.05) is 13.2 Å². The van der Waals surface area contributed by atoms with Gasteiger partial charge in [-0.15, -0.1) is 5.10 Å². The van der Waals surface area contributed by atoms with Crippen LogP contribution in [-0.4, -0.2) is 41.3 Å². The Labute approximate surface area is 97.2 Å². The van der Waals surface area contributed by atoms with Gasteiger partial charge in [-0.1, -0.05) is 12.1 Å². The monoisotopic (exact) mass is 226 g/mol. The first-order valence-electron chi connectivity index (χ1n) is 5.71. The molecule has 0 aliphatic heterocycles. The van der Waals surface area contributed by atoms with Crippen molar-refractivity contribution in [3.8, 4) is 0 Å². The molecular formula is C11H22N4O. The van der Waals surface area contributed by atoms with Gasteiger partial charge in [0.25, 0.3) is 0 Å². The Bertz CT molecular complexity index is 300. The normalized spacial score (nSPS) is 15.0. The van der Waals surface area contributed by atoms with Crippen LogP contribution in [-0.2, 0) is 18.2 Å². The number of rotatable bonds is 7. The molecule has 2 atom stereocenters. The van der Waals surface area contributed by atoms with Crippen LogP contribution in [0.5, 0.6) is 0 Å². The summed E-state index contributed by atoms with van der Waals surface area (Å²) in [5, 5.41) is 11.5. The molecule has 0 radical (unpaired) electrons. The predicted octanol–water partition coefficient (Wildman–Crippen LogP) is 0.618. The molecule has 1 aromatic heterocycles. The summed E-state index contributed by atoms with van der Waals surface area (Å²) in [6, 6.07) is 0.456. The van der Waals surface area contributed by atoms with E-state index < -0.39 is 0 Å². The summed E-state index contributed by atoms with van der Waals surface area (Å²) in [7, 11) is 3.61. The Hall–Kier alpha value is -0.940. The van der Waals surface area contributed by atoms with Crippen LogP contribution in [0.2, 0.25) is 0 Å². The number of hydrogen-bond acceptors (Lipinski definition) is 4. The van der Waals surface area contributed by atoms with E-state index in [-0.39, 0.29) is 0 Å². The minimum atomic E-state index is 0.456. The second-order valence-electron chi connectivity index (χ2n) is 4.30. The van der Waals surface area contributed by atoms with Gasteiger partial charge in [0.15, 0.2) is 0 Å². The maximum absolute atomic E-state index is 5.01. The molecule has 1 N–H and O–H groups in total. The third kappa shape index (κ3) is 4.28. The minimum Gasteiger partial charge on any atom is -0.383 e. The summed E-state index contributed by atoms with van der Waals surface area (Å²) >= 11 is 0. The van der Waals surface area contributed by atoms with Crippen molar-refractivity contribution < 1.29 is 4.74 Å². The molecule has 0 amide bonds. The summed E-state index contributed by atoms with van der Waals surface area (Å²) in [6.07, 6.45) is 2.92. The SMILES string of the molecule is COCCNC(C)C(C)Cc1cn(C)nn1. The smallest absolute Gasteiger partial charge is 0.0830 e. The Morgan fingerprint density at radius 3 is 2.81 bits per heavy atom. The second kappa shape index (κ2) is 6.60. The van der Waals surface area contributed by atoms with Gasteiger partial charge in [0.05, 0.1) is 12.3 Å². The van der Waals surface area contributed by atoms with Crippen LogP contribution in [0.1, 0.15) is 19.5 Å². The summed E-state index contributed by atoms with van der Waals surface area (Å²) in [4.78, 5) is 0. The molecule has 0 aliphatic rings. The van der Waals surface area contributed by atoms with Crippen LogP contribution in [0, 0.1) is 5.92 Å². The predicted molar refractivity (Wildman–Crippen MR) is 63.2 cm³/mol. The fourth-order valence-corrected chi connectivity index (χ4v) is 1.59. The first-order chi connectivity index (χ1) is 7.63. The maximum atomic E-state index is 5.01. The van der Waals surface area contributed by atoms with E-state index >= 15 is 0 Å². The Kier molecular flexibility index (Phi) is 5.42. The van der Waals surface area contributed by atoms with Crippen molar-refractivity contribution in [3.63, 3.8) is 0 Å². The van der Waals surface area contributed by atoms with Gasteiger partial charge in [0, 0.05) is 32.9 Å². The lowest BCUT2D eigenvalue weighted by Gasteiger charge is -2.20. The van der Waals surface area contributed by atoms with Crippen molar-refractivity contribution >= 4 is 0 Å². The van der Waals surface area contributed by atoms with Gasteiger partial charge in [0.1, 0.15) is 0 Å². The first kappa shape index (κ1) is 13.1. The summed E-state index contributed by atoms with van der Waals surface area (Å²) in [5.41, 5.74) is 1.05. The van der Waals surface area contributed by atoms with Gasteiger partial charge in [-0.05, 0) is 19.3 Å². The number of ether oxygens (including phenoxy) is 1. The van der Waals surface area contributed by atoms with Gasteiger partial charge in [-0.25, -0.2) is 0 Å². The lowest BCUT2D eigenvalue weighted by molar-refractivity contribution is 0.192. The molecule has 16 heavy (non-hydrogen) atoms. The van der Waals surface area contributed by atoms with Crippen molar-refractivity contribution in [2.75, 3.05) is 20.3 Å². The topological polar surface area (TPSA) is 52.0 Å². The molecule has 0 aliphatic carbocycles. The lowest BCUT2D eigenvalue weighted by atomic mass is 9.98. The second-order valence-corrected chi connectivity index (χ2v) is 4.30. The molecule has 0 aromatic carbocycles. The highest BCUT2D eigenvalue weighted by molar-refractivity contribution is 4.94. The van der Waals surface area contributed by atoms with E-state index in [1.165, 1.54) is 0 Å². The zero-order valence-electron chi connectivity index (χ0n) is 10.6. The van der Waals surface area contributed by atoms with Crippen LogP contribution in [0.15, 0.2) is 6.20 Å². The number of hydrogen-bond donors (Lipinski definition) is 1. The van der Waals surface area contributed by atoms with Crippen LogP contribution in [0.3, 0.4) is 0 Å². The molecule has 0 bridgehead atoms. The quantitative estimate of drug-likeness (QED) is 0.692. The summed E-state index contributed by atoms with van der Waals surface area (Å²) in [5.74, 6) is 0.536. The molecule has 2 unspecified atom stereocenters. The highest BCUT2D eigenvalue weighted by Crippen LogP contribution is 2.09. The van der Waals surface area contributed by atoms with Crippen LogP contribution in [0.4, 0.5) is 0 Å². The molecule has 1 aromatic rings. The molecule has 1 rings (SSSR count). The van der Waals surface area contributed by atoms with Crippen LogP contribution in [0.25, 0.3) is 0 Å².